The van der Waals surface area contributed by atoms with Crippen LogP contribution in [-0.4, -0.2) is 130 Å². The summed E-state index contributed by atoms with van der Waals surface area (Å²) in [5.74, 6) is -0.836. The Morgan fingerprint density at radius 3 is 1.48 bits per heavy atom. The van der Waals surface area contributed by atoms with Gasteiger partial charge in [0.15, 0.2) is 31.5 Å². The third-order valence-corrected chi connectivity index (χ3v) is 18.8. The summed E-state index contributed by atoms with van der Waals surface area (Å²) < 4.78 is 89.8. The Kier molecular flexibility index (Phi) is 24.2. The first-order valence-electron chi connectivity index (χ1n) is 30.3. The lowest BCUT2D eigenvalue weighted by atomic mass is 9.81. The number of nitrogens with zero attached hydrogens (tertiary/aromatic N) is 3. The topological polar surface area (TPSA) is 189 Å². The molecule has 0 saturated carbocycles. The van der Waals surface area contributed by atoms with Crippen LogP contribution >= 0.6 is 0 Å². The van der Waals surface area contributed by atoms with Gasteiger partial charge in [0, 0.05) is 10.8 Å². The molecule has 0 amide bonds. The fourth-order valence-electron chi connectivity index (χ4n) is 12.5. The molecule has 3 aromatic rings. The Morgan fingerprint density at radius 2 is 0.915 bits per heavy atom. The van der Waals surface area contributed by atoms with Crippen LogP contribution in [0.25, 0.3) is 10.4 Å². The second kappa shape index (κ2) is 31.0. The number of azide groups is 1. The highest BCUT2D eigenvalue weighted by Gasteiger charge is 2.55. The van der Waals surface area contributed by atoms with E-state index in [-0.39, 0.29) is 85.5 Å². The van der Waals surface area contributed by atoms with Crippen molar-refractivity contribution in [1.82, 2.24) is 0 Å². The zero-order valence-electron chi connectivity index (χ0n) is 50.3. The van der Waals surface area contributed by atoms with E-state index in [1.165, 1.54) is 0 Å². The van der Waals surface area contributed by atoms with Crippen molar-refractivity contribution in [2.45, 2.75) is 207 Å². The maximum atomic E-state index is 11.9. The lowest BCUT2D eigenvalue weighted by Crippen LogP contribution is -2.64. The number of benzene rings is 3. The summed E-state index contributed by atoms with van der Waals surface area (Å²) >= 11 is 0. The van der Waals surface area contributed by atoms with Crippen LogP contribution in [0.3, 0.4) is 0 Å². The van der Waals surface area contributed by atoms with Gasteiger partial charge in [-0.05, 0) is 82.4 Å². The van der Waals surface area contributed by atoms with Crippen LogP contribution in [0, 0.1) is 53.3 Å². The van der Waals surface area contributed by atoms with E-state index in [0.717, 1.165) is 29.5 Å². The predicted molar refractivity (Wildman–Crippen MR) is 309 cm³/mol. The smallest absolute Gasteiger partial charge is 0.185 e. The first-order chi connectivity index (χ1) is 39.6. The number of ether oxygens (including phenoxy) is 13. The molecule has 5 aliphatic rings. The number of aliphatic hydroxyl groups excluding tert-OH is 1. The van der Waals surface area contributed by atoms with Gasteiger partial charge in [0.25, 0.3) is 0 Å². The summed E-state index contributed by atoms with van der Waals surface area (Å²) in [6.45, 7) is 28.9. The molecule has 0 spiro atoms. The molecule has 17 nitrogen and oxygen atoms in total. The molecule has 3 aromatic carbocycles. The van der Waals surface area contributed by atoms with Crippen molar-refractivity contribution >= 4 is 0 Å². The minimum absolute atomic E-state index is 0.0304. The van der Waals surface area contributed by atoms with E-state index in [0.29, 0.717) is 26.4 Å². The third kappa shape index (κ3) is 15.8. The number of hydrogen-bond donors (Lipinski definition) is 1. The lowest BCUT2D eigenvalue weighted by Gasteiger charge is -2.52. The second-order valence-electron chi connectivity index (χ2n) is 24.0. The van der Waals surface area contributed by atoms with Crippen molar-refractivity contribution in [3.63, 3.8) is 0 Å². The van der Waals surface area contributed by atoms with E-state index in [1.807, 2.05) is 92.7 Å². The fourth-order valence-corrected chi connectivity index (χ4v) is 12.5. The molecule has 0 aromatic heterocycles. The number of aliphatic hydroxyl groups is 1. The molecule has 0 aliphatic carbocycles. The van der Waals surface area contributed by atoms with Crippen LogP contribution < -0.4 is 0 Å². The third-order valence-electron chi connectivity index (χ3n) is 18.8. The van der Waals surface area contributed by atoms with Gasteiger partial charge < -0.3 is 66.7 Å². The average molecular weight is 1140 g/mol. The van der Waals surface area contributed by atoms with Gasteiger partial charge in [-0.1, -0.05) is 178 Å². The van der Waals surface area contributed by atoms with Crippen LogP contribution in [0.4, 0.5) is 0 Å². The summed E-state index contributed by atoms with van der Waals surface area (Å²) in [4.78, 5) is 3.29. The van der Waals surface area contributed by atoms with Crippen molar-refractivity contribution in [2.75, 3.05) is 26.4 Å². The molecule has 5 fully saturated rings. The standard InChI is InChI=1S/C65H95N3O14/c1-13-31-72-61-46(12)57(80-64-58(44(10)40(6)51(15-3)76-64)73-34-49-29-23-18-24-30-49)60(54(79-61)37-74-63-56(69)43(9)39(5)52(77-63)35-70-32-47-25-19-16-20-26-47)82-65-59(81-62-55(67-68-66)42(8)38(4)50(14-2)75-62)45(11)41(7)53(78-65)36-71-33-48-27-21-17-22-28-48/h13,16-30,38-46,50-65,69H,1,14-15,31-37H2,2-12H3/t38-,39-,40-,41-,42?,43?,44?,45?,46-,50?,51?,52?,53?,54?,55-,56-,57?,58-,59-,60+,61-,62+,63+,64-,65-/m0/s1. The molecular formula is C65H95N3O14. The van der Waals surface area contributed by atoms with Gasteiger partial charge in [-0.2, -0.15) is 0 Å². The molecule has 5 aliphatic heterocycles. The molecular weight excluding hydrogens is 1050 g/mol. The van der Waals surface area contributed by atoms with Gasteiger partial charge in [-0.15, -0.1) is 6.58 Å². The molecule has 82 heavy (non-hydrogen) atoms. The van der Waals surface area contributed by atoms with Crippen molar-refractivity contribution in [1.29, 1.82) is 0 Å². The fraction of sp³-hybridized carbons (Fsp3) is 0.692. The SMILES string of the molecule is C=CCO[C@H]1OC(CO[C@@H]2OC(COCc3ccccc3)[C@@H](C)C(C)[C@@H]2O)[C@@H](O[C@@H]2OC(COCc3ccccc3)[C@@H](C)C(C)[C@@H]2O[C@H]2OC(CC)[C@@H](C)C(C)[C@@H]2N=[N+]=[N-])C(O[C@@H]2OC(CC)[C@@H](C)C(C)[C@@H]2OCc2ccccc2)[C@@H]1C. The predicted octanol–water partition coefficient (Wildman–Crippen LogP) is 11.6. The largest absolute Gasteiger partial charge is 0.388 e. The molecule has 1 N–H and O–H groups in total. The van der Waals surface area contributed by atoms with Crippen molar-refractivity contribution in [3.05, 3.63) is 131 Å². The highest BCUT2D eigenvalue weighted by Crippen LogP contribution is 2.44. The Labute approximate surface area is 487 Å². The molecule has 0 radical (unpaired) electrons. The molecule has 25 atom stereocenters. The van der Waals surface area contributed by atoms with Gasteiger partial charge >= 0.3 is 0 Å². The summed E-state index contributed by atoms with van der Waals surface area (Å²) in [5, 5.41) is 16.2. The maximum Gasteiger partial charge on any atom is 0.185 e. The zero-order chi connectivity index (χ0) is 58.5. The van der Waals surface area contributed by atoms with Gasteiger partial charge in [0.2, 0.25) is 0 Å². The lowest BCUT2D eigenvalue weighted by molar-refractivity contribution is -0.388. The quantitative estimate of drug-likeness (QED) is 0.0346. The van der Waals surface area contributed by atoms with E-state index in [4.69, 9.17) is 61.6 Å². The summed E-state index contributed by atoms with van der Waals surface area (Å²) in [6, 6.07) is 29.5. The summed E-state index contributed by atoms with van der Waals surface area (Å²) in [6.07, 6.45) is -7.66. The van der Waals surface area contributed by atoms with E-state index >= 15 is 0 Å². The Bertz CT molecular complexity index is 2390. The second-order valence-corrected chi connectivity index (χ2v) is 24.0. The van der Waals surface area contributed by atoms with E-state index < -0.39 is 86.1 Å². The van der Waals surface area contributed by atoms with E-state index in [1.54, 1.807) is 6.08 Å². The van der Waals surface area contributed by atoms with Crippen LogP contribution in [0.1, 0.15) is 106 Å². The van der Waals surface area contributed by atoms with Gasteiger partial charge in [-0.25, -0.2) is 0 Å². The molecule has 17 heteroatoms. The maximum absolute atomic E-state index is 11.9. The minimum atomic E-state index is -1.09. The Balaban J connectivity index is 1.16. The first-order valence-corrected chi connectivity index (χ1v) is 30.3. The van der Waals surface area contributed by atoms with Crippen LogP contribution in [0.5, 0.6) is 0 Å². The monoisotopic (exact) mass is 1140 g/mol. The Hall–Kier alpha value is -3.85. The highest BCUT2D eigenvalue weighted by molar-refractivity contribution is 5.15. The van der Waals surface area contributed by atoms with Gasteiger partial charge in [0.05, 0.1) is 82.8 Å². The Morgan fingerprint density at radius 1 is 0.463 bits per heavy atom. The molecule has 8 rings (SSSR count). The first kappa shape index (κ1) is 64.2. The summed E-state index contributed by atoms with van der Waals surface area (Å²) in [5.41, 5.74) is 13.1. The van der Waals surface area contributed by atoms with Gasteiger partial charge in [0.1, 0.15) is 30.5 Å². The number of rotatable bonds is 26. The van der Waals surface area contributed by atoms with E-state index in [9.17, 15) is 10.6 Å². The molecule has 5 heterocycles. The van der Waals surface area contributed by atoms with Crippen molar-refractivity contribution < 1.29 is 66.7 Å². The normalized spacial score (nSPS) is 39.7. The highest BCUT2D eigenvalue weighted by atomic mass is 16.8. The molecule has 5 saturated heterocycles. The molecule has 10 unspecified atom stereocenters. The average Bonchev–Trinajstić information content (AvgIpc) is 3.19. The molecule has 0 bridgehead atoms. The van der Waals surface area contributed by atoms with E-state index in [2.05, 4.69) is 91.1 Å². The van der Waals surface area contributed by atoms with Crippen molar-refractivity contribution in [3.8, 4) is 0 Å². The van der Waals surface area contributed by atoms with Gasteiger partial charge in [-0.3, -0.25) is 0 Å². The molecule has 454 valence electrons. The van der Waals surface area contributed by atoms with Crippen molar-refractivity contribution in [2.24, 2.45) is 58.4 Å². The van der Waals surface area contributed by atoms with Crippen LogP contribution in [0.15, 0.2) is 109 Å². The zero-order valence-corrected chi connectivity index (χ0v) is 50.3. The summed E-state index contributed by atoms with van der Waals surface area (Å²) in [7, 11) is 0. The van der Waals surface area contributed by atoms with Crippen LogP contribution in [-0.2, 0) is 81.4 Å². The minimum Gasteiger partial charge on any atom is -0.388 e. The number of hydrogen-bond acceptors (Lipinski definition) is 15. The van der Waals surface area contributed by atoms with Crippen LogP contribution in [0.2, 0.25) is 0 Å².